The summed E-state index contributed by atoms with van der Waals surface area (Å²) in [5, 5.41) is 0. The van der Waals surface area contributed by atoms with Gasteiger partial charge in [0.15, 0.2) is 0 Å². The van der Waals surface area contributed by atoms with Crippen molar-refractivity contribution in [3.05, 3.63) is 0 Å². The Bertz CT molecular complexity index is 251. The number of likely N-dealkylation sites (tertiary alicyclic amines) is 1. The second-order valence-corrected chi connectivity index (χ2v) is 5.64. The zero-order chi connectivity index (χ0) is 12.9. The molecule has 1 rings (SSSR count). The first kappa shape index (κ1) is 14.3. The summed E-state index contributed by atoms with van der Waals surface area (Å²) in [6.45, 7) is 7.44. The van der Waals surface area contributed by atoms with Crippen LogP contribution in [0.3, 0.4) is 0 Å². The van der Waals surface area contributed by atoms with Gasteiger partial charge in [-0.15, -0.1) is 0 Å². The highest BCUT2D eigenvalue weighted by molar-refractivity contribution is 5.66. The average Bonchev–Trinajstić information content (AvgIpc) is 2.18. The van der Waals surface area contributed by atoms with Crippen LogP contribution in [-0.4, -0.2) is 42.8 Å². The molecule has 17 heavy (non-hydrogen) atoms. The summed E-state index contributed by atoms with van der Waals surface area (Å²) in [6.07, 6.45) is 3.30. The van der Waals surface area contributed by atoms with Gasteiger partial charge in [-0.05, 0) is 47.2 Å². The van der Waals surface area contributed by atoms with Crippen molar-refractivity contribution in [1.82, 2.24) is 15.8 Å². The van der Waals surface area contributed by atoms with E-state index in [4.69, 9.17) is 4.74 Å². The minimum Gasteiger partial charge on any atom is -0.443 e. The molecule has 5 heteroatoms. The quantitative estimate of drug-likeness (QED) is 0.738. The van der Waals surface area contributed by atoms with Crippen LogP contribution in [0.5, 0.6) is 0 Å². The number of nitrogens with one attached hydrogen (secondary N) is 2. The lowest BCUT2D eigenvalue weighted by Crippen LogP contribution is -2.49. The zero-order valence-electron chi connectivity index (χ0n) is 11.4. The maximum atomic E-state index is 11.4. The topological polar surface area (TPSA) is 53.6 Å². The maximum absolute atomic E-state index is 11.4. The Balaban J connectivity index is 2.16. The first-order chi connectivity index (χ1) is 7.88. The molecule has 1 heterocycles. The van der Waals surface area contributed by atoms with Crippen LogP contribution in [0.25, 0.3) is 0 Å². The molecule has 1 aliphatic heterocycles. The third-order valence-corrected chi connectivity index (χ3v) is 2.85. The van der Waals surface area contributed by atoms with E-state index >= 15 is 0 Å². The summed E-state index contributed by atoms with van der Waals surface area (Å²) < 4.78 is 5.13. The molecule has 1 fully saturated rings. The number of piperidine rings is 1. The highest BCUT2D eigenvalue weighted by atomic mass is 16.6. The maximum Gasteiger partial charge on any atom is 0.422 e. The Morgan fingerprint density at radius 1 is 1.41 bits per heavy atom. The van der Waals surface area contributed by atoms with Gasteiger partial charge in [0.1, 0.15) is 5.60 Å². The summed E-state index contributed by atoms with van der Waals surface area (Å²) in [7, 11) is 2.12. The molecule has 0 aromatic rings. The van der Waals surface area contributed by atoms with Crippen LogP contribution in [-0.2, 0) is 4.74 Å². The molecule has 2 N–H and O–H groups in total. The van der Waals surface area contributed by atoms with Crippen LogP contribution in [0.1, 0.15) is 40.0 Å². The first-order valence-electron chi connectivity index (χ1n) is 6.30. The van der Waals surface area contributed by atoms with Crippen molar-refractivity contribution in [2.24, 2.45) is 0 Å². The third kappa shape index (κ3) is 5.89. The van der Waals surface area contributed by atoms with Crippen LogP contribution in [0.4, 0.5) is 4.79 Å². The van der Waals surface area contributed by atoms with Crippen molar-refractivity contribution in [3.8, 4) is 0 Å². The van der Waals surface area contributed by atoms with Gasteiger partial charge in [0.2, 0.25) is 0 Å². The Morgan fingerprint density at radius 2 is 2.12 bits per heavy atom. The molecular weight excluding hydrogens is 218 g/mol. The summed E-state index contributed by atoms with van der Waals surface area (Å²) in [4.78, 5) is 13.7. The van der Waals surface area contributed by atoms with Gasteiger partial charge in [-0.1, -0.05) is 6.42 Å². The van der Waals surface area contributed by atoms with Gasteiger partial charge in [-0.25, -0.2) is 10.2 Å². The lowest BCUT2D eigenvalue weighted by molar-refractivity contribution is 0.0488. The van der Waals surface area contributed by atoms with E-state index < -0.39 is 11.7 Å². The molecule has 5 nitrogen and oxygen atoms in total. The molecule has 0 aromatic carbocycles. The zero-order valence-corrected chi connectivity index (χ0v) is 11.4. The van der Waals surface area contributed by atoms with Gasteiger partial charge in [0.05, 0.1) is 0 Å². The lowest BCUT2D eigenvalue weighted by Gasteiger charge is -2.32. The number of nitrogens with zero attached hydrogens (tertiary/aromatic N) is 1. The van der Waals surface area contributed by atoms with Crippen LogP contribution < -0.4 is 10.9 Å². The molecule has 0 spiro atoms. The largest absolute Gasteiger partial charge is 0.443 e. The molecule has 0 aliphatic carbocycles. The van der Waals surface area contributed by atoms with Crippen molar-refractivity contribution in [1.29, 1.82) is 0 Å². The normalized spacial score (nSPS) is 22.2. The van der Waals surface area contributed by atoms with E-state index in [9.17, 15) is 4.79 Å². The summed E-state index contributed by atoms with van der Waals surface area (Å²) in [5.41, 5.74) is 5.06. The Labute approximate surface area is 104 Å². The third-order valence-electron chi connectivity index (χ3n) is 2.85. The minimum absolute atomic E-state index is 0.420. The number of likely N-dealkylation sites (N-methyl/N-ethyl adjacent to an activating group) is 1. The highest BCUT2D eigenvalue weighted by Gasteiger charge is 2.19. The summed E-state index contributed by atoms with van der Waals surface area (Å²) >= 11 is 0. The standard InChI is InChI=1S/C12H25N3O2/c1-12(2,3)17-11(16)14-13-9-10-7-5-6-8-15(10)4/h10,13H,5-9H2,1-4H3,(H,14,16). The van der Waals surface area contributed by atoms with E-state index in [1.807, 2.05) is 20.8 Å². The fourth-order valence-electron chi connectivity index (χ4n) is 1.95. The summed E-state index contributed by atoms with van der Waals surface area (Å²) in [6, 6.07) is 0.499. The smallest absolute Gasteiger partial charge is 0.422 e. The average molecular weight is 243 g/mol. The van der Waals surface area contributed by atoms with E-state index in [2.05, 4.69) is 22.8 Å². The molecule has 1 unspecified atom stereocenters. The van der Waals surface area contributed by atoms with Crippen LogP contribution in [0, 0.1) is 0 Å². The van der Waals surface area contributed by atoms with Gasteiger partial charge < -0.3 is 9.64 Å². The first-order valence-corrected chi connectivity index (χ1v) is 6.30. The molecule has 0 bridgehead atoms. The molecule has 1 saturated heterocycles. The van der Waals surface area contributed by atoms with Crippen LogP contribution in [0.2, 0.25) is 0 Å². The number of amides is 1. The lowest BCUT2D eigenvalue weighted by atomic mass is 10.0. The van der Waals surface area contributed by atoms with E-state index in [-0.39, 0.29) is 0 Å². The fourth-order valence-corrected chi connectivity index (χ4v) is 1.95. The SMILES string of the molecule is CN1CCCCC1CNNC(=O)OC(C)(C)C. The van der Waals surface area contributed by atoms with Crippen LogP contribution in [0.15, 0.2) is 0 Å². The number of carbonyl (C=O) groups is 1. The number of ether oxygens (including phenoxy) is 1. The number of hydrazine groups is 1. The van der Waals surface area contributed by atoms with Gasteiger partial charge in [0, 0.05) is 12.6 Å². The predicted molar refractivity (Wildman–Crippen MR) is 67.6 cm³/mol. The number of carbonyl (C=O) groups excluding carboxylic acids is 1. The molecule has 0 radical (unpaired) electrons. The van der Waals surface area contributed by atoms with Gasteiger partial charge >= 0.3 is 6.09 Å². The van der Waals surface area contributed by atoms with Crippen molar-refractivity contribution < 1.29 is 9.53 Å². The Kier molecular flexibility index (Phi) is 5.21. The molecular formula is C12H25N3O2. The number of rotatable bonds is 3. The van der Waals surface area contributed by atoms with E-state index in [0.717, 1.165) is 13.1 Å². The second-order valence-electron chi connectivity index (χ2n) is 5.64. The van der Waals surface area contributed by atoms with Crippen molar-refractivity contribution in [2.75, 3.05) is 20.1 Å². The predicted octanol–water partition coefficient (Wildman–Crippen LogP) is 1.50. The Hall–Kier alpha value is -0.810. The monoisotopic (exact) mass is 243 g/mol. The van der Waals surface area contributed by atoms with Crippen LogP contribution >= 0.6 is 0 Å². The molecule has 0 saturated carbocycles. The van der Waals surface area contributed by atoms with E-state index in [0.29, 0.717) is 6.04 Å². The molecule has 1 atom stereocenters. The van der Waals surface area contributed by atoms with Gasteiger partial charge in [0.25, 0.3) is 0 Å². The van der Waals surface area contributed by atoms with E-state index in [1.54, 1.807) is 0 Å². The van der Waals surface area contributed by atoms with Crippen molar-refractivity contribution >= 4 is 6.09 Å². The second kappa shape index (κ2) is 6.21. The van der Waals surface area contributed by atoms with Gasteiger partial charge in [-0.3, -0.25) is 5.43 Å². The van der Waals surface area contributed by atoms with E-state index in [1.165, 1.54) is 19.3 Å². The fraction of sp³-hybridized carbons (Fsp3) is 0.917. The molecule has 1 aliphatic rings. The molecule has 100 valence electrons. The summed E-state index contributed by atoms with van der Waals surface area (Å²) in [5.74, 6) is 0. The number of hydrogen-bond donors (Lipinski definition) is 2. The minimum atomic E-state index is -0.451. The molecule has 1 amide bonds. The Morgan fingerprint density at radius 3 is 2.71 bits per heavy atom. The van der Waals surface area contributed by atoms with Crippen molar-refractivity contribution in [2.45, 2.75) is 51.7 Å². The van der Waals surface area contributed by atoms with Crippen molar-refractivity contribution in [3.63, 3.8) is 0 Å². The number of hydrogen-bond acceptors (Lipinski definition) is 4. The highest BCUT2D eigenvalue weighted by Crippen LogP contribution is 2.13. The van der Waals surface area contributed by atoms with Gasteiger partial charge in [-0.2, -0.15) is 0 Å². The molecule has 0 aromatic heterocycles.